The van der Waals surface area contributed by atoms with Gasteiger partial charge < -0.3 is 0 Å². The Morgan fingerprint density at radius 1 is 1.30 bits per heavy atom. The lowest BCUT2D eigenvalue weighted by atomic mass is 10.3. The van der Waals surface area contributed by atoms with Crippen LogP contribution in [-0.4, -0.2) is 9.97 Å². The minimum absolute atomic E-state index is 0.329. The van der Waals surface area contributed by atoms with Crippen LogP contribution in [0.3, 0.4) is 0 Å². The van der Waals surface area contributed by atoms with Crippen molar-refractivity contribution in [3.05, 3.63) is 28.8 Å². The van der Waals surface area contributed by atoms with Crippen LogP contribution in [-0.2, 0) is 0 Å². The SMILES string of the molecule is C=Cc1c(Cl)ncnc1Cl. The molecule has 0 aliphatic carbocycles. The molecule has 1 rings (SSSR count). The summed E-state index contributed by atoms with van der Waals surface area (Å²) in [4.78, 5) is 7.42. The predicted molar refractivity (Wildman–Crippen MR) is 42.1 cm³/mol. The highest BCUT2D eigenvalue weighted by atomic mass is 35.5. The zero-order valence-corrected chi connectivity index (χ0v) is 6.52. The minimum atomic E-state index is 0.329. The van der Waals surface area contributed by atoms with Gasteiger partial charge in [-0.1, -0.05) is 35.9 Å². The van der Waals surface area contributed by atoms with Crippen molar-refractivity contribution in [3.8, 4) is 0 Å². The van der Waals surface area contributed by atoms with E-state index in [-0.39, 0.29) is 0 Å². The fraction of sp³-hybridized carbons (Fsp3) is 0. The Kier molecular flexibility index (Phi) is 2.25. The number of aromatic nitrogens is 2. The van der Waals surface area contributed by atoms with Gasteiger partial charge >= 0.3 is 0 Å². The Hall–Kier alpha value is -0.600. The maximum atomic E-state index is 5.62. The van der Waals surface area contributed by atoms with E-state index in [1.165, 1.54) is 12.4 Å². The standard InChI is InChI=1S/C6H4Cl2N2/c1-2-4-5(7)9-3-10-6(4)8/h2-3H,1H2. The van der Waals surface area contributed by atoms with Crippen molar-refractivity contribution in [2.24, 2.45) is 0 Å². The molecule has 0 unspecified atom stereocenters. The molecule has 0 amide bonds. The van der Waals surface area contributed by atoms with Gasteiger partial charge in [0.05, 0.1) is 0 Å². The van der Waals surface area contributed by atoms with Gasteiger partial charge in [0.1, 0.15) is 16.6 Å². The fourth-order valence-electron chi connectivity index (χ4n) is 0.523. The smallest absolute Gasteiger partial charge is 0.141 e. The van der Waals surface area contributed by atoms with Crippen molar-refractivity contribution < 1.29 is 0 Å². The fourth-order valence-corrected chi connectivity index (χ4v) is 0.992. The third kappa shape index (κ3) is 1.28. The molecule has 0 aliphatic rings. The van der Waals surface area contributed by atoms with Gasteiger partial charge in [0.15, 0.2) is 0 Å². The number of hydrogen-bond acceptors (Lipinski definition) is 2. The van der Waals surface area contributed by atoms with Gasteiger partial charge in [0.25, 0.3) is 0 Å². The maximum absolute atomic E-state index is 5.62. The van der Waals surface area contributed by atoms with Crippen molar-refractivity contribution in [2.45, 2.75) is 0 Å². The third-order valence-corrected chi connectivity index (χ3v) is 1.59. The Morgan fingerprint density at radius 3 is 2.10 bits per heavy atom. The number of hydrogen-bond donors (Lipinski definition) is 0. The summed E-state index contributed by atoms with van der Waals surface area (Å²) in [6, 6.07) is 0. The van der Waals surface area contributed by atoms with E-state index in [0.717, 1.165) is 0 Å². The summed E-state index contributed by atoms with van der Waals surface area (Å²) in [6.45, 7) is 3.50. The average Bonchev–Trinajstić information content (AvgIpc) is 1.88. The third-order valence-electron chi connectivity index (χ3n) is 0.991. The van der Waals surface area contributed by atoms with Gasteiger partial charge in [-0.15, -0.1) is 0 Å². The molecule has 0 N–H and O–H groups in total. The van der Waals surface area contributed by atoms with Gasteiger partial charge in [0, 0.05) is 5.56 Å². The molecule has 0 fully saturated rings. The zero-order valence-electron chi connectivity index (χ0n) is 5.01. The van der Waals surface area contributed by atoms with Crippen LogP contribution < -0.4 is 0 Å². The predicted octanol–water partition coefficient (Wildman–Crippen LogP) is 2.43. The number of rotatable bonds is 1. The van der Waals surface area contributed by atoms with E-state index in [9.17, 15) is 0 Å². The highest BCUT2D eigenvalue weighted by molar-refractivity contribution is 6.35. The molecule has 0 spiro atoms. The van der Waals surface area contributed by atoms with Crippen LogP contribution >= 0.6 is 23.2 Å². The summed E-state index contributed by atoms with van der Waals surface area (Å²) in [6.07, 6.45) is 2.82. The highest BCUT2D eigenvalue weighted by Gasteiger charge is 2.01. The van der Waals surface area contributed by atoms with Gasteiger partial charge in [0.2, 0.25) is 0 Å². The Balaban J connectivity index is 3.30. The van der Waals surface area contributed by atoms with E-state index >= 15 is 0 Å². The van der Waals surface area contributed by atoms with E-state index in [1.54, 1.807) is 0 Å². The summed E-state index contributed by atoms with van der Waals surface area (Å²) in [5.41, 5.74) is 0.575. The van der Waals surface area contributed by atoms with E-state index < -0.39 is 0 Å². The lowest BCUT2D eigenvalue weighted by molar-refractivity contribution is 1.16. The highest BCUT2D eigenvalue weighted by Crippen LogP contribution is 2.19. The second-order valence-electron chi connectivity index (χ2n) is 1.57. The molecule has 0 bridgehead atoms. The van der Waals surface area contributed by atoms with Crippen molar-refractivity contribution in [2.75, 3.05) is 0 Å². The summed E-state index contributed by atoms with van der Waals surface area (Å²) in [5, 5.41) is 0.657. The summed E-state index contributed by atoms with van der Waals surface area (Å²) in [7, 11) is 0. The van der Waals surface area contributed by atoms with Gasteiger partial charge in [-0.25, -0.2) is 9.97 Å². The first-order valence-corrected chi connectivity index (χ1v) is 3.29. The summed E-state index contributed by atoms with van der Waals surface area (Å²) in [5.74, 6) is 0. The Labute approximate surface area is 68.5 Å². The first-order chi connectivity index (χ1) is 4.75. The van der Waals surface area contributed by atoms with E-state index in [4.69, 9.17) is 23.2 Å². The van der Waals surface area contributed by atoms with Crippen molar-refractivity contribution in [1.29, 1.82) is 0 Å². The number of halogens is 2. The van der Waals surface area contributed by atoms with Crippen LogP contribution in [0, 0.1) is 0 Å². The van der Waals surface area contributed by atoms with Crippen molar-refractivity contribution in [1.82, 2.24) is 9.97 Å². The minimum Gasteiger partial charge on any atom is -0.224 e. The normalized spacial score (nSPS) is 9.40. The molecule has 1 aromatic rings. The van der Waals surface area contributed by atoms with Crippen molar-refractivity contribution >= 4 is 29.3 Å². The van der Waals surface area contributed by atoms with Crippen LogP contribution in [0.25, 0.3) is 6.08 Å². The molecular formula is C6H4Cl2N2. The monoisotopic (exact) mass is 174 g/mol. The zero-order chi connectivity index (χ0) is 7.56. The molecule has 52 valence electrons. The van der Waals surface area contributed by atoms with Gasteiger partial charge in [-0.2, -0.15) is 0 Å². The summed E-state index contributed by atoms with van der Waals surface area (Å²) < 4.78 is 0. The van der Waals surface area contributed by atoms with Crippen LogP contribution in [0.2, 0.25) is 10.3 Å². The van der Waals surface area contributed by atoms with E-state index in [1.807, 2.05) is 0 Å². The molecule has 0 radical (unpaired) electrons. The molecule has 4 heteroatoms. The lowest BCUT2D eigenvalue weighted by Crippen LogP contribution is -1.85. The van der Waals surface area contributed by atoms with E-state index in [2.05, 4.69) is 16.5 Å². The number of nitrogens with zero attached hydrogens (tertiary/aromatic N) is 2. The molecule has 0 saturated heterocycles. The first-order valence-electron chi connectivity index (χ1n) is 2.54. The Bertz CT molecular complexity index is 240. The Morgan fingerprint density at radius 2 is 1.80 bits per heavy atom. The van der Waals surface area contributed by atoms with Crippen molar-refractivity contribution in [3.63, 3.8) is 0 Å². The molecule has 10 heavy (non-hydrogen) atoms. The van der Waals surface area contributed by atoms with Crippen LogP contribution in [0.5, 0.6) is 0 Å². The van der Waals surface area contributed by atoms with E-state index in [0.29, 0.717) is 15.9 Å². The maximum Gasteiger partial charge on any atom is 0.141 e. The first kappa shape index (κ1) is 7.51. The quantitative estimate of drug-likeness (QED) is 0.612. The lowest BCUT2D eigenvalue weighted by Gasteiger charge is -1.96. The second kappa shape index (κ2) is 2.99. The molecule has 2 nitrogen and oxygen atoms in total. The van der Waals surface area contributed by atoms with Crippen LogP contribution in [0.15, 0.2) is 12.9 Å². The second-order valence-corrected chi connectivity index (χ2v) is 2.29. The molecule has 0 atom stereocenters. The van der Waals surface area contributed by atoms with Gasteiger partial charge in [-0.3, -0.25) is 0 Å². The summed E-state index contributed by atoms with van der Waals surface area (Å²) >= 11 is 11.2. The largest absolute Gasteiger partial charge is 0.224 e. The van der Waals surface area contributed by atoms with Crippen LogP contribution in [0.1, 0.15) is 5.56 Å². The molecular weight excluding hydrogens is 171 g/mol. The van der Waals surface area contributed by atoms with Crippen LogP contribution in [0.4, 0.5) is 0 Å². The molecule has 0 aromatic carbocycles. The van der Waals surface area contributed by atoms with Gasteiger partial charge in [-0.05, 0) is 0 Å². The average molecular weight is 175 g/mol. The molecule has 1 heterocycles. The topological polar surface area (TPSA) is 25.8 Å². The molecule has 0 aliphatic heterocycles. The molecule has 1 aromatic heterocycles. The molecule has 0 saturated carbocycles.